The van der Waals surface area contributed by atoms with Gasteiger partial charge in [-0.3, -0.25) is 0 Å². The Morgan fingerprint density at radius 3 is 2.92 bits per heavy atom. The zero-order valence-corrected chi connectivity index (χ0v) is 9.24. The Kier molecular flexibility index (Phi) is 4.12. The van der Waals surface area contributed by atoms with Crippen LogP contribution in [0.15, 0.2) is 11.1 Å². The van der Waals surface area contributed by atoms with E-state index in [0.717, 1.165) is 18.7 Å². The number of likely N-dealkylation sites (N-methyl/N-ethyl adjacent to an activating group) is 1. The predicted molar refractivity (Wildman–Crippen MR) is 59.0 cm³/mol. The Morgan fingerprint density at radius 2 is 2.46 bits per heavy atom. The third kappa shape index (κ3) is 2.94. The number of rotatable bonds is 4. The Bertz CT molecular complexity index is 289. The molecule has 0 atom stereocenters. The molecule has 0 aliphatic carbocycles. The zero-order valence-electron chi connectivity index (χ0n) is 8.42. The molecule has 0 saturated heterocycles. The Balaban J connectivity index is 2.78. The van der Waals surface area contributed by atoms with Crippen LogP contribution in [0.2, 0.25) is 0 Å². The van der Waals surface area contributed by atoms with Gasteiger partial charge in [-0.1, -0.05) is 12.5 Å². The van der Waals surface area contributed by atoms with Gasteiger partial charge in [-0.25, -0.2) is 4.98 Å². The molecule has 1 aromatic heterocycles. The number of nitrogens with one attached hydrogen (secondary N) is 1. The van der Waals surface area contributed by atoms with Crippen molar-refractivity contribution < 1.29 is 0 Å². The average Bonchev–Trinajstić information content (AvgIpc) is 2.51. The maximum Gasteiger partial charge on any atom is 0.0801 e. The van der Waals surface area contributed by atoms with Gasteiger partial charge in [0.25, 0.3) is 0 Å². The smallest absolute Gasteiger partial charge is 0.0801 e. The van der Waals surface area contributed by atoms with Gasteiger partial charge in [0, 0.05) is 11.4 Å². The summed E-state index contributed by atoms with van der Waals surface area (Å²) >= 11 is 1.70. The second-order valence-electron chi connectivity index (χ2n) is 2.99. The molecule has 0 aliphatic heterocycles. The third-order valence-electron chi connectivity index (χ3n) is 1.98. The second kappa shape index (κ2) is 5.14. The first-order valence-electron chi connectivity index (χ1n) is 4.52. The lowest BCUT2D eigenvalue weighted by Crippen LogP contribution is -2.09. The van der Waals surface area contributed by atoms with E-state index in [9.17, 15) is 0 Å². The van der Waals surface area contributed by atoms with E-state index >= 15 is 0 Å². The summed E-state index contributed by atoms with van der Waals surface area (Å²) in [5, 5.41) is 3.17. The van der Waals surface area contributed by atoms with Gasteiger partial charge in [-0.15, -0.1) is 11.3 Å². The molecule has 1 rings (SSSR count). The molecule has 2 nitrogen and oxygen atoms in total. The van der Waals surface area contributed by atoms with E-state index < -0.39 is 0 Å². The summed E-state index contributed by atoms with van der Waals surface area (Å²) in [6.07, 6.45) is 3.34. The molecule has 0 unspecified atom stereocenters. The van der Waals surface area contributed by atoms with E-state index in [2.05, 4.69) is 30.2 Å². The highest BCUT2D eigenvalue weighted by Gasteiger charge is 1.99. The van der Waals surface area contributed by atoms with Gasteiger partial charge in [-0.2, -0.15) is 0 Å². The molecule has 0 saturated carbocycles. The van der Waals surface area contributed by atoms with Crippen molar-refractivity contribution in [2.45, 2.75) is 20.3 Å². The minimum absolute atomic E-state index is 0.966. The number of hydrogen-bond acceptors (Lipinski definition) is 3. The quantitative estimate of drug-likeness (QED) is 0.800. The van der Waals surface area contributed by atoms with E-state index in [0.29, 0.717) is 0 Å². The summed E-state index contributed by atoms with van der Waals surface area (Å²) in [5.74, 6) is 0. The van der Waals surface area contributed by atoms with Crippen molar-refractivity contribution in [2.24, 2.45) is 0 Å². The molecule has 0 radical (unpaired) electrons. The van der Waals surface area contributed by atoms with Gasteiger partial charge in [0.1, 0.15) is 0 Å². The topological polar surface area (TPSA) is 24.9 Å². The lowest BCUT2D eigenvalue weighted by atomic mass is 10.1. The summed E-state index contributed by atoms with van der Waals surface area (Å²) in [4.78, 5) is 5.50. The van der Waals surface area contributed by atoms with Crippen LogP contribution >= 0.6 is 11.3 Å². The Hall–Kier alpha value is -0.670. The minimum Gasteiger partial charge on any atom is -0.316 e. The van der Waals surface area contributed by atoms with Crippen LogP contribution in [0.4, 0.5) is 0 Å². The molecule has 0 fully saturated rings. The third-order valence-corrected chi connectivity index (χ3v) is 2.85. The number of hydrogen-bond donors (Lipinski definition) is 1. The largest absolute Gasteiger partial charge is 0.316 e. The van der Waals surface area contributed by atoms with Gasteiger partial charge in [-0.05, 0) is 26.5 Å². The fraction of sp³-hybridized carbons (Fsp3) is 0.500. The summed E-state index contributed by atoms with van der Waals surface area (Å²) in [6.45, 7) is 5.20. The van der Waals surface area contributed by atoms with Crippen molar-refractivity contribution in [3.63, 3.8) is 0 Å². The van der Waals surface area contributed by atoms with Crippen LogP contribution < -0.4 is 5.32 Å². The van der Waals surface area contributed by atoms with Gasteiger partial charge in [0.15, 0.2) is 0 Å². The monoisotopic (exact) mass is 196 g/mol. The summed E-state index contributed by atoms with van der Waals surface area (Å²) in [5.41, 5.74) is 4.45. The van der Waals surface area contributed by atoms with E-state index in [1.807, 2.05) is 12.6 Å². The molecular formula is C10H16N2S. The first-order chi connectivity index (χ1) is 6.27. The molecule has 13 heavy (non-hydrogen) atoms. The molecule has 1 heterocycles. The SMILES string of the molecule is CCC(=Cc1scnc1C)CNC. The van der Waals surface area contributed by atoms with Crippen LogP contribution in [-0.2, 0) is 0 Å². The Morgan fingerprint density at radius 1 is 1.69 bits per heavy atom. The summed E-state index contributed by atoms with van der Waals surface area (Å²) < 4.78 is 0. The lowest BCUT2D eigenvalue weighted by molar-refractivity contribution is 0.851. The first kappa shape index (κ1) is 10.4. The summed E-state index contributed by atoms with van der Waals surface area (Å²) in [6, 6.07) is 0. The zero-order chi connectivity index (χ0) is 9.68. The average molecular weight is 196 g/mol. The molecule has 3 heteroatoms. The summed E-state index contributed by atoms with van der Waals surface area (Å²) in [7, 11) is 1.98. The normalized spacial score (nSPS) is 12.1. The van der Waals surface area contributed by atoms with E-state index in [4.69, 9.17) is 0 Å². The van der Waals surface area contributed by atoms with Crippen LogP contribution in [0.5, 0.6) is 0 Å². The molecule has 72 valence electrons. The molecule has 0 spiro atoms. The van der Waals surface area contributed by atoms with Gasteiger partial charge in [0.2, 0.25) is 0 Å². The maximum atomic E-state index is 4.22. The molecule has 1 aromatic rings. The van der Waals surface area contributed by atoms with Gasteiger partial charge >= 0.3 is 0 Å². The van der Waals surface area contributed by atoms with Crippen LogP contribution in [0.25, 0.3) is 6.08 Å². The fourth-order valence-electron chi connectivity index (χ4n) is 1.14. The van der Waals surface area contributed by atoms with Gasteiger partial charge in [0.05, 0.1) is 11.2 Å². The molecule has 0 amide bonds. The second-order valence-corrected chi connectivity index (χ2v) is 3.87. The molecule has 0 aromatic carbocycles. The highest BCUT2D eigenvalue weighted by molar-refractivity contribution is 7.10. The molecular weight excluding hydrogens is 180 g/mol. The molecule has 1 N–H and O–H groups in total. The van der Waals surface area contributed by atoms with Crippen molar-refractivity contribution in [3.05, 3.63) is 21.7 Å². The predicted octanol–water partition coefficient (Wildman–Crippen LogP) is 2.46. The molecule has 0 aliphatic rings. The van der Waals surface area contributed by atoms with Crippen molar-refractivity contribution in [1.82, 2.24) is 10.3 Å². The fourth-order valence-corrected chi connectivity index (χ4v) is 1.92. The lowest BCUT2D eigenvalue weighted by Gasteiger charge is -2.02. The van der Waals surface area contributed by atoms with Crippen LogP contribution in [0.1, 0.15) is 23.9 Å². The van der Waals surface area contributed by atoms with Crippen molar-refractivity contribution >= 4 is 17.4 Å². The number of thiazole rings is 1. The van der Waals surface area contributed by atoms with E-state index in [1.165, 1.54) is 10.5 Å². The van der Waals surface area contributed by atoms with Crippen molar-refractivity contribution in [2.75, 3.05) is 13.6 Å². The van der Waals surface area contributed by atoms with Crippen LogP contribution in [0.3, 0.4) is 0 Å². The van der Waals surface area contributed by atoms with E-state index in [1.54, 1.807) is 11.3 Å². The van der Waals surface area contributed by atoms with E-state index in [-0.39, 0.29) is 0 Å². The molecule has 0 bridgehead atoms. The van der Waals surface area contributed by atoms with Crippen LogP contribution in [0, 0.1) is 6.92 Å². The van der Waals surface area contributed by atoms with Crippen molar-refractivity contribution in [1.29, 1.82) is 0 Å². The van der Waals surface area contributed by atoms with Gasteiger partial charge < -0.3 is 5.32 Å². The number of aromatic nitrogens is 1. The number of aryl methyl sites for hydroxylation is 1. The highest BCUT2D eigenvalue weighted by Crippen LogP contribution is 2.17. The minimum atomic E-state index is 0.966. The standard InChI is InChI=1S/C10H16N2S/c1-4-9(6-11-3)5-10-8(2)12-7-13-10/h5,7,11H,4,6H2,1-3H3. The maximum absolute atomic E-state index is 4.22. The number of nitrogens with zero attached hydrogens (tertiary/aromatic N) is 1. The Labute approximate surface area is 83.7 Å². The first-order valence-corrected chi connectivity index (χ1v) is 5.40. The highest BCUT2D eigenvalue weighted by atomic mass is 32.1. The van der Waals surface area contributed by atoms with Crippen LogP contribution in [-0.4, -0.2) is 18.6 Å². The van der Waals surface area contributed by atoms with Crippen molar-refractivity contribution in [3.8, 4) is 0 Å².